The minimum atomic E-state index is -0.503. The van der Waals surface area contributed by atoms with Gasteiger partial charge in [-0.1, -0.05) is 42.5 Å². The molecule has 3 aromatic carbocycles. The summed E-state index contributed by atoms with van der Waals surface area (Å²) < 4.78 is 15.0. The molecule has 10 nitrogen and oxygen atoms in total. The Balaban J connectivity index is 1.35. The van der Waals surface area contributed by atoms with E-state index in [9.17, 15) is 14.4 Å². The van der Waals surface area contributed by atoms with Crippen molar-refractivity contribution in [1.82, 2.24) is 18.7 Å². The van der Waals surface area contributed by atoms with Crippen molar-refractivity contribution < 1.29 is 14.3 Å². The molecule has 0 saturated carbocycles. The Hall–Kier alpha value is -4.86. The van der Waals surface area contributed by atoms with Gasteiger partial charge in [0, 0.05) is 18.3 Å². The zero-order valence-corrected chi connectivity index (χ0v) is 19.8. The summed E-state index contributed by atoms with van der Waals surface area (Å²) >= 11 is 0. The zero-order valence-electron chi connectivity index (χ0n) is 19.8. The monoisotopic (exact) mass is 497 g/mol. The molecule has 0 aliphatic carbocycles. The molecule has 0 saturated heterocycles. The number of ether oxygens (including phenoxy) is 2. The van der Waals surface area contributed by atoms with Gasteiger partial charge in [0.25, 0.3) is 5.56 Å². The molecule has 1 aliphatic heterocycles. The number of fused-ring (bicyclic) bond motifs is 4. The van der Waals surface area contributed by atoms with Gasteiger partial charge in [0.05, 0.1) is 10.9 Å². The maximum atomic E-state index is 13.4. The number of rotatable bonds is 6. The smallest absolute Gasteiger partial charge is 0.352 e. The van der Waals surface area contributed by atoms with Crippen LogP contribution in [0.1, 0.15) is 5.56 Å². The Morgan fingerprint density at radius 1 is 0.919 bits per heavy atom. The van der Waals surface area contributed by atoms with Crippen molar-refractivity contribution in [1.29, 1.82) is 0 Å². The van der Waals surface area contributed by atoms with Crippen LogP contribution in [0.3, 0.4) is 0 Å². The maximum absolute atomic E-state index is 13.4. The molecule has 1 N–H and O–H groups in total. The van der Waals surface area contributed by atoms with Gasteiger partial charge < -0.3 is 14.8 Å². The van der Waals surface area contributed by atoms with Crippen LogP contribution in [0, 0.1) is 0 Å². The lowest BCUT2D eigenvalue weighted by Gasteiger charge is -2.18. The Labute approximate surface area is 210 Å². The van der Waals surface area contributed by atoms with E-state index >= 15 is 0 Å². The van der Waals surface area contributed by atoms with Crippen LogP contribution in [0.4, 0.5) is 5.69 Å². The lowest BCUT2D eigenvalue weighted by atomic mass is 10.1. The predicted octanol–water partition coefficient (Wildman–Crippen LogP) is 2.46. The maximum Gasteiger partial charge on any atom is 0.352 e. The van der Waals surface area contributed by atoms with Gasteiger partial charge in [-0.15, -0.1) is 5.10 Å². The first-order valence-electron chi connectivity index (χ1n) is 11.9. The van der Waals surface area contributed by atoms with Crippen molar-refractivity contribution >= 4 is 28.3 Å². The molecule has 0 atom stereocenters. The summed E-state index contributed by atoms with van der Waals surface area (Å²) in [7, 11) is 0. The fraction of sp³-hybridized carbons (Fsp3) is 0.185. The third kappa shape index (κ3) is 4.22. The predicted molar refractivity (Wildman–Crippen MR) is 137 cm³/mol. The molecule has 0 spiro atoms. The van der Waals surface area contributed by atoms with E-state index in [2.05, 4.69) is 10.4 Å². The Morgan fingerprint density at radius 3 is 2.51 bits per heavy atom. The standard InChI is InChI=1S/C27H23N5O5/c33-24(28-19-10-11-22-23(16-19)37-15-14-36-22)17-31-27(35)32-21-9-5-4-8-20(21)25(34)30(26(32)29-31)13-12-18-6-2-1-3-7-18/h1-11,16H,12-15,17H2,(H,28,33). The molecule has 37 heavy (non-hydrogen) atoms. The molecule has 6 rings (SSSR count). The van der Waals surface area contributed by atoms with Gasteiger partial charge in [-0.2, -0.15) is 0 Å². The number of hydrogen-bond acceptors (Lipinski definition) is 6. The quantitative estimate of drug-likeness (QED) is 0.386. The van der Waals surface area contributed by atoms with Gasteiger partial charge in [0.1, 0.15) is 19.8 Å². The van der Waals surface area contributed by atoms with E-state index in [-0.39, 0.29) is 17.9 Å². The van der Waals surface area contributed by atoms with E-state index in [4.69, 9.17) is 9.47 Å². The average Bonchev–Trinajstić information content (AvgIpc) is 3.24. The van der Waals surface area contributed by atoms with E-state index in [1.807, 2.05) is 30.3 Å². The van der Waals surface area contributed by atoms with E-state index in [0.717, 1.165) is 10.2 Å². The second-order valence-corrected chi connectivity index (χ2v) is 8.69. The van der Waals surface area contributed by atoms with Crippen molar-refractivity contribution in [3.05, 3.63) is 99.2 Å². The van der Waals surface area contributed by atoms with Gasteiger partial charge in [0.2, 0.25) is 11.7 Å². The number of nitrogens with zero attached hydrogens (tertiary/aromatic N) is 4. The topological polar surface area (TPSA) is 109 Å². The number of aromatic nitrogens is 4. The van der Waals surface area contributed by atoms with Crippen LogP contribution in [0.15, 0.2) is 82.4 Å². The number of benzene rings is 3. The van der Waals surface area contributed by atoms with Gasteiger partial charge >= 0.3 is 5.69 Å². The molecule has 5 aromatic rings. The summed E-state index contributed by atoms with van der Waals surface area (Å²) in [6.07, 6.45) is 0.584. The van der Waals surface area contributed by atoms with E-state index in [0.29, 0.717) is 54.3 Å². The molecule has 0 radical (unpaired) electrons. The van der Waals surface area contributed by atoms with Crippen molar-refractivity contribution in [2.24, 2.45) is 0 Å². The molecule has 0 unspecified atom stereocenters. The third-order valence-electron chi connectivity index (χ3n) is 6.27. The summed E-state index contributed by atoms with van der Waals surface area (Å²) in [4.78, 5) is 39.6. The minimum Gasteiger partial charge on any atom is -0.486 e. The van der Waals surface area contributed by atoms with Crippen molar-refractivity contribution in [3.63, 3.8) is 0 Å². The number of carbonyl (C=O) groups excluding carboxylic acids is 1. The van der Waals surface area contributed by atoms with Crippen LogP contribution in [0.5, 0.6) is 11.5 Å². The minimum absolute atomic E-state index is 0.191. The fourth-order valence-electron chi connectivity index (χ4n) is 4.52. The first-order valence-corrected chi connectivity index (χ1v) is 11.9. The van der Waals surface area contributed by atoms with Crippen molar-refractivity contribution in [3.8, 4) is 11.5 Å². The van der Waals surface area contributed by atoms with Gasteiger partial charge in [-0.05, 0) is 36.2 Å². The largest absolute Gasteiger partial charge is 0.486 e. The summed E-state index contributed by atoms with van der Waals surface area (Å²) in [6, 6.07) is 21.8. The molecule has 1 aliphatic rings. The Morgan fingerprint density at radius 2 is 1.68 bits per heavy atom. The SMILES string of the molecule is O=C(Cn1nc2n(CCc3ccccc3)c(=O)c3ccccc3n2c1=O)Nc1ccc2c(c1)OCCO2. The highest BCUT2D eigenvalue weighted by Gasteiger charge is 2.19. The van der Waals surface area contributed by atoms with Gasteiger partial charge in [0.15, 0.2) is 11.5 Å². The van der Waals surface area contributed by atoms with Crippen LogP contribution in [-0.2, 0) is 24.3 Å². The van der Waals surface area contributed by atoms with Crippen LogP contribution in [-0.4, -0.2) is 37.9 Å². The highest BCUT2D eigenvalue weighted by molar-refractivity contribution is 5.91. The Bertz CT molecular complexity index is 1750. The molecule has 0 bridgehead atoms. The number of para-hydroxylation sites is 1. The number of amides is 1. The number of nitrogens with one attached hydrogen (secondary N) is 1. The van der Waals surface area contributed by atoms with Crippen LogP contribution >= 0.6 is 0 Å². The Kier molecular flexibility index (Phi) is 5.68. The third-order valence-corrected chi connectivity index (χ3v) is 6.27. The summed E-state index contributed by atoms with van der Waals surface area (Å²) in [6.45, 7) is 0.911. The van der Waals surface area contributed by atoms with E-state index < -0.39 is 11.6 Å². The lowest BCUT2D eigenvalue weighted by Crippen LogP contribution is -2.29. The average molecular weight is 498 g/mol. The molecule has 2 aromatic heterocycles. The zero-order chi connectivity index (χ0) is 25.4. The van der Waals surface area contributed by atoms with E-state index in [1.165, 1.54) is 8.97 Å². The summed E-state index contributed by atoms with van der Waals surface area (Å²) in [5.41, 5.74) is 1.27. The van der Waals surface area contributed by atoms with Gasteiger partial charge in [-0.25, -0.2) is 13.9 Å². The molecular weight excluding hydrogens is 474 g/mol. The van der Waals surface area contributed by atoms with Crippen LogP contribution < -0.4 is 26.0 Å². The van der Waals surface area contributed by atoms with Crippen LogP contribution in [0.2, 0.25) is 0 Å². The number of hydrogen-bond donors (Lipinski definition) is 1. The summed E-state index contributed by atoms with van der Waals surface area (Å²) in [5.74, 6) is 0.908. The highest BCUT2D eigenvalue weighted by atomic mass is 16.6. The second kappa shape index (κ2) is 9.30. The molecule has 10 heteroatoms. The van der Waals surface area contributed by atoms with E-state index in [1.54, 1.807) is 42.5 Å². The highest BCUT2D eigenvalue weighted by Crippen LogP contribution is 2.32. The van der Waals surface area contributed by atoms with Crippen LogP contribution in [0.25, 0.3) is 16.7 Å². The fourth-order valence-corrected chi connectivity index (χ4v) is 4.52. The first-order chi connectivity index (χ1) is 18.1. The molecule has 1 amide bonds. The normalized spacial score (nSPS) is 12.6. The molecule has 3 heterocycles. The van der Waals surface area contributed by atoms with Gasteiger partial charge in [-0.3, -0.25) is 14.2 Å². The second-order valence-electron chi connectivity index (χ2n) is 8.69. The number of aryl methyl sites for hydroxylation is 2. The first kappa shape index (κ1) is 22.6. The number of carbonyl (C=O) groups is 1. The molecular formula is C27H23N5O5. The molecule has 0 fully saturated rings. The van der Waals surface area contributed by atoms with Crippen molar-refractivity contribution in [2.45, 2.75) is 19.5 Å². The molecule has 186 valence electrons. The van der Waals surface area contributed by atoms with Crippen molar-refractivity contribution in [2.75, 3.05) is 18.5 Å². The number of anilines is 1. The summed E-state index contributed by atoms with van der Waals surface area (Å²) in [5, 5.41) is 7.59. The lowest BCUT2D eigenvalue weighted by molar-refractivity contribution is -0.117.